The number of aromatic nitrogens is 4. The Labute approximate surface area is 170 Å². The zero-order valence-corrected chi connectivity index (χ0v) is 16.7. The summed E-state index contributed by atoms with van der Waals surface area (Å²) in [7, 11) is -3.63. The summed E-state index contributed by atoms with van der Waals surface area (Å²) in [6.07, 6.45) is 1.86. The lowest BCUT2D eigenvalue weighted by Crippen LogP contribution is -2.24. The van der Waals surface area contributed by atoms with Crippen LogP contribution in [-0.4, -0.2) is 53.2 Å². The molecule has 0 saturated heterocycles. The summed E-state index contributed by atoms with van der Waals surface area (Å²) >= 11 is 1.40. The monoisotopic (exact) mass is 429 g/mol. The van der Waals surface area contributed by atoms with E-state index in [4.69, 9.17) is 0 Å². The van der Waals surface area contributed by atoms with Crippen molar-refractivity contribution in [1.29, 1.82) is 0 Å². The highest BCUT2D eigenvalue weighted by atomic mass is 32.2. The lowest BCUT2D eigenvalue weighted by molar-refractivity contribution is -0.114. The Hall–Kier alpha value is -3.25. The molecule has 3 aromatic rings. The minimum Gasteiger partial charge on any atom is -0.324 e. The molecule has 1 amide bonds. The number of aliphatic imine (C=N–C) groups is 1. The molecule has 4 rings (SSSR count). The lowest BCUT2D eigenvalue weighted by atomic mass is 10.2. The van der Waals surface area contributed by atoms with Crippen LogP contribution in [0.25, 0.3) is 5.69 Å². The third kappa shape index (κ3) is 3.84. The second-order valence-electron chi connectivity index (χ2n) is 5.94. The molecule has 0 radical (unpaired) electrons. The van der Waals surface area contributed by atoms with Crippen LogP contribution in [0, 0.1) is 0 Å². The van der Waals surface area contributed by atoms with E-state index in [1.807, 2.05) is 12.3 Å². The summed E-state index contributed by atoms with van der Waals surface area (Å²) in [5.41, 5.74) is 1.69. The van der Waals surface area contributed by atoms with Crippen molar-refractivity contribution < 1.29 is 13.2 Å². The highest BCUT2D eigenvalue weighted by Crippen LogP contribution is 2.22. The summed E-state index contributed by atoms with van der Waals surface area (Å²) < 4.78 is 28.1. The second-order valence-corrected chi connectivity index (χ2v) is 8.37. The summed E-state index contributed by atoms with van der Waals surface area (Å²) in [4.78, 5) is 16.6. The average Bonchev–Trinajstić information content (AvgIpc) is 3.29. The van der Waals surface area contributed by atoms with Gasteiger partial charge in [-0.05, 0) is 47.0 Å². The largest absolute Gasteiger partial charge is 0.324 e. The number of hydrogen-bond donors (Lipinski definition) is 2. The molecule has 1 aliphatic heterocycles. The van der Waals surface area contributed by atoms with E-state index < -0.39 is 10.0 Å². The zero-order chi connectivity index (χ0) is 20.4. The first-order valence-corrected chi connectivity index (χ1v) is 11.1. The van der Waals surface area contributed by atoms with Crippen LogP contribution in [-0.2, 0) is 14.8 Å². The van der Waals surface area contributed by atoms with Gasteiger partial charge in [0, 0.05) is 11.3 Å². The summed E-state index contributed by atoms with van der Waals surface area (Å²) in [6.45, 7) is -0.239. The molecule has 10 nitrogen and oxygen atoms in total. The van der Waals surface area contributed by atoms with Gasteiger partial charge in [-0.15, -0.1) is 5.10 Å². The number of tetrazole rings is 1. The van der Waals surface area contributed by atoms with Crippen LogP contribution >= 0.6 is 11.8 Å². The van der Waals surface area contributed by atoms with Gasteiger partial charge in [-0.25, -0.2) is 8.42 Å². The number of nitrogens with one attached hydrogen (secondary N) is 2. The van der Waals surface area contributed by atoms with Gasteiger partial charge in [0.1, 0.15) is 12.4 Å². The van der Waals surface area contributed by atoms with Gasteiger partial charge in [0.25, 0.3) is 10.0 Å². The molecule has 0 unspecified atom stereocenters. The molecule has 0 atom stereocenters. The fourth-order valence-corrected chi connectivity index (χ4v) is 4.47. The van der Waals surface area contributed by atoms with Crippen molar-refractivity contribution in [1.82, 2.24) is 24.9 Å². The summed E-state index contributed by atoms with van der Waals surface area (Å²) in [6, 6.07) is 13.5. The van der Waals surface area contributed by atoms with Crippen LogP contribution in [0.2, 0.25) is 0 Å². The standard InChI is InChI=1S/C17H15N7O3S2/c1-28-17-20-22-23-24(17)12-6-4-5-11(9-12)19-15(25)10-18-16-13-7-2-3-8-14(13)29(26,27)21-16/h2-9H,10H2,1H3,(H,18,21)(H,19,25). The zero-order valence-electron chi connectivity index (χ0n) is 15.1. The molecule has 2 aromatic carbocycles. The Morgan fingerprint density at radius 2 is 2.07 bits per heavy atom. The Morgan fingerprint density at radius 1 is 1.24 bits per heavy atom. The number of hydrogen-bond acceptors (Lipinski definition) is 8. The number of carbonyl (C=O) groups is 1. The van der Waals surface area contributed by atoms with Gasteiger partial charge < -0.3 is 5.32 Å². The third-order valence-electron chi connectivity index (χ3n) is 4.04. The molecule has 0 aliphatic carbocycles. The number of carbonyl (C=O) groups excluding carboxylic acids is 1. The highest BCUT2D eigenvalue weighted by molar-refractivity contribution is 7.98. The van der Waals surface area contributed by atoms with Gasteiger partial charge in [-0.2, -0.15) is 4.68 Å². The molecule has 0 fully saturated rings. The molecular formula is C17H15N7O3S2. The van der Waals surface area contributed by atoms with E-state index in [0.717, 1.165) is 0 Å². The van der Waals surface area contributed by atoms with Gasteiger partial charge in [-0.3, -0.25) is 14.5 Å². The molecule has 0 saturated carbocycles. The number of fused-ring (bicyclic) bond motifs is 1. The Morgan fingerprint density at radius 3 is 2.90 bits per heavy atom. The Balaban J connectivity index is 1.49. The molecule has 1 aromatic heterocycles. The van der Waals surface area contributed by atoms with Crippen molar-refractivity contribution in [3.63, 3.8) is 0 Å². The first-order valence-electron chi connectivity index (χ1n) is 8.37. The molecule has 148 valence electrons. The number of anilines is 1. The van der Waals surface area contributed by atoms with Crippen molar-refractivity contribution in [3.8, 4) is 5.69 Å². The smallest absolute Gasteiger partial charge is 0.263 e. The number of benzene rings is 2. The van der Waals surface area contributed by atoms with Crippen molar-refractivity contribution in [3.05, 3.63) is 54.1 Å². The number of thioether (sulfide) groups is 1. The maximum Gasteiger partial charge on any atom is 0.263 e. The van der Waals surface area contributed by atoms with Gasteiger partial charge in [0.05, 0.1) is 10.6 Å². The van der Waals surface area contributed by atoms with Crippen LogP contribution in [0.4, 0.5) is 5.69 Å². The van der Waals surface area contributed by atoms with Crippen LogP contribution in [0.5, 0.6) is 0 Å². The average molecular weight is 429 g/mol. The number of amidine groups is 1. The van der Waals surface area contributed by atoms with Gasteiger partial charge >= 0.3 is 0 Å². The number of nitrogens with zero attached hydrogens (tertiary/aromatic N) is 5. The van der Waals surface area contributed by atoms with E-state index in [9.17, 15) is 13.2 Å². The van der Waals surface area contributed by atoms with Crippen LogP contribution < -0.4 is 10.0 Å². The van der Waals surface area contributed by atoms with Gasteiger partial charge in [0.15, 0.2) is 0 Å². The van der Waals surface area contributed by atoms with E-state index in [0.29, 0.717) is 22.1 Å². The van der Waals surface area contributed by atoms with Crippen LogP contribution in [0.3, 0.4) is 0 Å². The maximum atomic E-state index is 12.3. The molecule has 0 spiro atoms. The topological polar surface area (TPSA) is 131 Å². The van der Waals surface area contributed by atoms with E-state index in [2.05, 4.69) is 30.6 Å². The van der Waals surface area contributed by atoms with E-state index in [1.165, 1.54) is 17.8 Å². The third-order valence-corrected chi connectivity index (χ3v) is 6.06. The molecular weight excluding hydrogens is 414 g/mol. The fourth-order valence-electron chi connectivity index (χ4n) is 2.79. The maximum absolute atomic E-state index is 12.3. The number of sulfonamides is 1. The first-order chi connectivity index (χ1) is 14.0. The number of amides is 1. The normalized spacial score (nSPS) is 15.7. The van der Waals surface area contributed by atoms with Crippen molar-refractivity contribution in [2.24, 2.45) is 4.99 Å². The van der Waals surface area contributed by atoms with Crippen molar-refractivity contribution in [2.45, 2.75) is 10.1 Å². The molecule has 2 heterocycles. The minimum absolute atomic E-state index is 0.151. The van der Waals surface area contributed by atoms with E-state index >= 15 is 0 Å². The Kier molecular flexibility index (Phi) is 5.03. The molecule has 1 aliphatic rings. The highest BCUT2D eigenvalue weighted by Gasteiger charge is 2.30. The lowest BCUT2D eigenvalue weighted by Gasteiger charge is -2.07. The quantitative estimate of drug-likeness (QED) is 0.580. The van der Waals surface area contributed by atoms with E-state index in [1.54, 1.807) is 41.1 Å². The Bertz CT molecular complexity index is 1220. The predicted molar refractivity (Wildman–Crippen MR) is 108 cm³/mol. The second kappa shape index (κ2) is 7.64. The van der Waals surface area contributed by atoms with Gasteiger partial charge in [0.2, 0.25) is 11.1 Å². The molecule has 0 bridgehead atoms. The summed E-state index contributed by atoms with van der Waals surface area (Å²) in [5.74, 6) is -0.233. The van der Waals surface area contributed by atoms with Crippen LogP contribution in [0.15, 0.2) is 63.6 Å². The fraction of sp³-hybridized carbons (Fsp3) is 0.118. The summed E-state index contributed by atoms with van der Waals surface area (Å²) in [5, 5.41) is 14.8. The van der Waals surface area contributed by atoms with Crippen molar-refractivity contribution in [2.75, 3.05) is 18.1 Å². The molecule has 29 heavy (non-hydrogen) atoms. The van der Waals surface area contributed by atoms with E-state index in [-0.39, 0.29) is 23.2 Å². The number of rotatable bonds is 5. The molecule has 2 N–H and O–H groups in total. The van der Waals surface area contributed by atoms with Crippen molar-refractivity contribution >= 4 is 39.2 Å². The van der Waals surface area contributed by atoms with Gasteiger partial charge in [-0.1, -0.05) is 30.0 Å². The SMILES string of the molecule is CSc1nnnn1-c1cccc(NC(=O)CN=C2NS(=O)(=O)c3ccccc32)c1. The predicted octanol–water partition coefficient (Wildman–Crippen LogP) is 1.06. The van der Waals surface area contributed by atoms with Crippen LogP contribution in [0.1, 0.15) is 5.56 Å². The first kappa shape index (κ1) is 19.1. The minimum atomic E-state index is -3.63. The molecule has 12 heteroatoms.